The molecule has 0 bridgehead atoms. The quantitative estimate of drug-likeness (QED) is 0.240. The van der Waals surface area contributed by atoms with Crippen molar-refractivity contribution in [3.63, 3.8) is 0 Å². The molecule has 0 amide bonds. The van der Waals surface area contributed by atoms with E-state index < -0.39 is 0 Å². The minimum absolute atomic E-state index is 0.0356. The molecule has 0 aliphatic carbocycles. The molecule has 0 aliphatic rings. The van der Waals surface area contributed by atoms with Crippen LogP contribution in [-0.2, 0) is 6.42 Å². The Bertz CT molecular complexity index is 1070. The Balaban J connectivity index is 1.70. The Morgan fingerprint density at radius 2 is 1.17 bits per heavy atom. The van der Waals surface area contributed by atoms with Crippen LogP contribution in [0, 0.1) is 6.92 Å². The number of aryl methyl sites for hydroxylation is 2. The fourth-order valence-corrected chi connectivity index (χ4v) is 5.39. The summed E-state index contributed by atoms with van der Waals surface area (Å²) < 4.78 is 1.19. The summed E-state index contributed by atoms with van der Waals surface area (Å²) in [4.78, 5) is 25.4. The van der Waals surface area contributed by atoms with Crippen LogP contribution in [0.2, 0.25) is 0 Å². The molecule has 3 aromatic carbocycles. The van der Waals surface area contributed by atoms with Gasteiger partial charge in [-0.3, -0.25) is 9.59 Å². The van der Waals surface area contributed by atoms with E-state index in [1.165, 1.54) is 57.8 Å². The summed E-state index contributed by atoms with van der Waals surface area (Å²) >= 11 is 6.81. The first-order valence-electron chi connectivity index (χ1n) is 11.0. The molecule has 29 heavy (non-hydrogen) atoms. The van der Waals surface area contributed by atoms with Crippen molar-refractivity contribution in [2.24, 2.45) is 0 Å². The third-order valence-electron chi connectivity index (χ3n) is 6.15. The van der Waals surface area contributed by atoms with Crippen molar-refractivity contribution in [1.82, 2.24) is 0 Å². The Labute approximate surface area is 190 Å². The van der Waals surface area contributed by atoms with Crippen molar-refractivity contribution >= 4 is 53.4 Å². The predicted molar refractivity (Wildman–Crippen MR) is 132 cm³/mol. The van der Waals surface area contributed by atoms with Crippen LogP contribution >= 0.6 is 31.9 Å². The lowest BCUT2D eigenvalue weighted by molar-refractivity contribution is 0.557. The molecular formula is C25H30Br2O2. The molecule has 0 saturated carbocycles. The molecule has 0 aromatic heterocycles. The van der Waals surface area contributed by atoms with Crippen LogP contribution in [0.3, 0.4) is 0 Å². The lowest BCUT2D eigenvalue weighted by Gasteiger charge is -2.09. The molecule has 0 spiro atoms. The van der Waals surface area contributed by atoms with E-state index in [4.69, 9.17) is 0 Å². The minimum atomic E-state index is 0.0356. The van der Waals surface area contributed by atoms with Crippen LogP contribution in [0.1, 0.15) is 82.3 Å². The molecule has 0 atom stereocenters. The molecule has 3 rings (SSSR count). The Morgan fingerprint density at radius 3 is 1.76 bits per heavy atom. The second-order valence-electron chi connectivity index (χ2n) is 8.26. The van der Waals surface area contributed by atoms with Gasteiger partial charge in [0.1, 0.15) is 0 Å². The molecule has 0 fully saturated rings. The lowest BCUT2D eigenvalue weighted by atomic mass is 9.94. The fourth-order valence-electron chi connectivity index (χ4n) is 4.54. The Kier molecular flexibility index (Phi) is 8.09. The highest BCUT2D eigenvalue weighted by Crippen LogP contribution is 2.34. The van der Waals surface area contributed by atoms with Crippen LogP contribution in [0.25, 0.3) is 21.5 Å². The second-order valence-corrected chi connectivity index (χ2v) is 9.96. The summed E-state index contributed by atoms with van der Waals surface area (Å²) in [6.07, 6.45) is 13.7. The van der Waals surface area contributed by atoms with Crippen LogP contribution in [0.15, 0.2) is 30.7 Å². The molecule has 3 aromatic rings. The van der Waals surface area contributed by atoms with Gasteiger partial charge >= 0.3 is 0 Å². The van der Waals surface area contributed by atoms with Crippen LogP contribution in [-0.4, -0.2) is 0 Å². The Hall–Kier alpha value is -1.00. The van der Waals surface area contributed by atoms with Gasteiger partial charge in [-0.2, -0.15) is 0 Å². The van der Waals surface area contributed by atoms with Crippen LogP contribution < -0.4 is 10.9 Å². The van der Waals surface area contributed by atoms with Gasteiger partial charge in [0.05, 0.1) is 8.95 Å². The maximum absolute atomic E-state index is 12.8. The number of halogens is 2. The van der Waals surface area contributed by atoms with Gasteiger partial charge < -0.3 is 0 Å². The predicted octanol–water partition coefficient (Wildman–Crippen LogP) is 7.89. The van der Waals surface area contributed by atoms with E-state index >= 15 is 0 Å². The summed E-state index contributed by atoms with van der Waals surface area (Å²) in [5.41, 5.74) is 2.06. The zero-order valence-corrected chi connectivity index (χ0v) is 20.7. The molecule has 0 N–H and O–H groups in total. The largest absolute Gasteiger partial charge is 0.288 e. The van der Waals surface area contributed by atoms with E-state index in [1.807, 2.05) is 19.1 Å². The standard InChI is InChI=1S/C25H30Br2O2/c1-3-4-5-6-7-8-9-10-11-12-13-17-19-15-21(27)24(28)22(19)16(2)18-14-20(26)25(29)23(17)18/h14-15H,3-13H2,1-2H3. The van der Waals surface area contributed by atoms with Crippen LogP contribution in [0.4, 0.5) is 0 Å². The summed E-state index contributed by atoms with van der Waals surface area (Å²) in [5, 5.41) is 3.45. The number of fused-ring (bicyclic) bond motifs is 2. The zero-order valence-electron chi connectivity index (χ0n) is 17.5. The SMILES string of the molecule is CCCCCCCCCCCCc1c2cc(Br)c(=O)c2c(C)c2cc(Br)c(=O)c12. The molecule has 4 heteroatoms. The second kappa shape index (κ2) is 10.3. The summed E-state index contributed by atoms with van der Waals surface area (Å²) in [6.45, 7) is 4.21. The van der Waals surface area contributed by atoms with Gasteiger partial charge in [-0.1, -0.05) is 64.7 Å². The van der Waals surface area contributed by atoms with Crippen molar-refractivity contribution in [2.75, 3.05) is 0 Å². The van der Waals surface area contributed by atoms with Crippen molar-refractivity contribution in [1.29, 1.82) is 0 Å². The van der Waals surface area contributed by atoms with Gasteiger partial charge in [0.15, 0.2) is 0 Å². The monoisotopic (exact) mass is 520 g/mol. The van der Waals surface area contributed by atoms with Crippen molar-refractivity contribution in [3.05, 3.63) is 52.7 Å². The van der Waals surface area contributed by atoms with Crippen LogP contribution in [0.5, 0.6) is 0 Å². The average Bonchev–Trinajstić information content (AvgIpc) is 3.16. The smallest absolute Gasteiger partial charge is 0.200 e. The normalized spacial score (nSPS) is 11.9. The highest BCUT2D eigenvalue weighted by atomic mass is 79.9. The summed E-state index contributed by atoms with van der Waals surface area (Å²) in [7, 11) is 0. The highest BCUT2D eigenvalue weighted by Gasteiger charge is 2.20. The first kappa shape index (κ1) is 22.7. The number of hydrogen-bond acceptors (Lipinski definition) is 2. The van der Waals surface area contributed by atoms with Crippen molar-refractivity contribution in [2.45, 2.75) is 84.5 Å². The minimum Gasteiger partial charge on any atom is -0.288 e. The molecule has 2 nitrogen and oxygen atoms in total. The molecule has 0 unspecified atom stereocenters. The summed E-state index contributed by atoms with van der Waals surface area (Å²) in [6, 6.07) is 3.80. The van der Waals surface area contributed by atoms with Gasteiger partial charge in [-0.25, -0.2) is 0 Å². The van der Waals surface area contributed by atoms with Gasteiger partial charge in [0, 0.05) is 10.8 Å². The number of rotatable bonds is 11. The number of unbranched alkanes of at least 4 members (excludes halogenated alkanes) is 9. The third kappa shape index (κ3) is 4.85. The molecule has 0 radical (unpaired) electrons. The Morgan fingerprint density at radius 1 is 0.690 bits per heavy atom. The van der Waals surface area contributed by atoms with E-state index in [1.54, 1.807) is 0 Å². The topological polar surface area (TPSA) is 34.1 Å². The molecule has 0 aliphatic heterocycles. The first-order chi connectivity index (χ1) is 14.0. The van der Waals surface area contributed by atoms with Crippen molar-refractivity contribution in [3.8, 4) is 0 Å². The van der Waals surface area contributed by atoms with E-state index in [-0.39, 0.29) is 10.9 Å². The van der Waals surface area contributed by atoms with Gasteiger partial charge in [-0.15, -0.1) is 0 Å². The van der Waals surface area contributed by atoms with Gasteiger partial charge in [0.2, 0.25) is 10.9 Å². The lowest BCUT2D eigenvalue weighted by Crippen LogP contribution is -2.03. The summed E-state index contributed by atoms with van der Waals surface area (Å²) in [5.74, 6) is 0. The van der Waals surface area contributed by atoms with Gasteiger partial charge in [-0.05, 0) is 85.7 Å². The van der Waals surface area contributed by atoms with E-state index in [0.717, 1.165) is 45.5 Å². The van der Waals surface area contributed by atoms with Crippen molar-refractivity contribution < 1.29 is 0 Å². The van der Waals surface area contributed by atoms with E-state index in [0.29, 0.717) is 8.95 Å². The van der Waals surface area contributed by atoms with E-state index in [2.05, 4.69) is 38.8 Å². The molecule has 156 valence electrons. The molecular weight excluding hydrogens is 492 g/mol. The number of benzene rings is 1. The fraction of sp³-hybridized carbons (Fsp3) is 0.520. The molecule has 0 saturated heterocycles. The maximum Gasteiger partial charge on any atom is 0.200 e. The number of hydrogen-bond donors (Lipinski definition) is 0. The third-order valence-corrected chi connectivity index (χ3v) is 7.33. The maximum atomic E-state index is 12.8. The zero-order chi connectivity index (χ0) is 21.0. The van der Waals surface area contributed by atoms with Gasteiger partial charge in [0.25, 0.3) is 0 Å². The van der Waals surface area contributed by atoms with E-state index in [9.17, 15) is 9.59 Å². The first-order valence-corrected chi connectivity index (χ1v) is 12.6. The highest BCUT2D eigenvalue weighted by molar-refractivity contribution is 9.10. The molecule has 0 heterocycles. The average molecular weight is 522 g/mol.